The quantitative estimate of drug-likeness (QED) is 0.712. The zero-order chi connectivity index (χ0) is 10.5. The second-order valence-electron chi connectivity index (χ2n) is 3.91. The van der Waals surface area contributed by atoms with Crippen LogP contribution in [0.3, 0.4) is 0 Å². The lowest BCUT2D eigenvalue weighted by atomic mass is 10.2. The van der Waals surface area contributed by atoms with Crippen molar-refractivity contribution in [3.63, 3.8) is 0 Å². The molecule has 0 radical (unpaired) electrons. The Labute approximate surface area is 78.9 Å². The predicted molar refractivity (Wildman–Crippen MR) is 49.1 cm³/mol. The highest BCUT2D eigenvalue weighted by Crippen LogP contribution is 2.06. The van der Waals surface area contributed by atoms with Crippen LogP contribution in [-0.2, 0) is 4.74 Å². The number of ether oxygens (including phenoxy) is 1. The molecule has 0 aromatic rings. The highest BCUT2D eigenvalue weighted by atomic mass is 16.6. The molecule has 0 aromatic heterocycles. The molecule has 0 heterocycles. The molecule has 0 aromatic carbocycles. The molecule has 0 saturated heterocycles. The standard InChI is InChI=1S/C9H16N2O2/c1-7(5-6-10)11-8(12)13-9(2,3)4/h7H,5H2,1-4H3,(H,11,12). The molecular formula is C9H16N2O2. The van der Waals surface area contributed by atoms with Gasteiger partial charge in [-0.1, -0.05) is 0 Å². The molecule has 4 heteroatoms. The molecule has 0 aliphatic heterocycles. The fraction of sp³-hybridized carbons (Fsp3) is 0.778. The van der Waals surface area contributed by atoms with E-state index in [4.69, 9.17) is 10.00 Å². The van der Waals surface area contributed by atoms with Gasteiger partial charge in [-0.25, -0.2) is 4.79 Å². The summed E-state index contributed by atoms with van der Waals surface area (Å²) in [6.07, 6.45) is -0.186. The molecule has 0 bridgehead atoms. The molecule has 4 nitrogen and oxygen atoms in total. The van der Waals surface area contributed by atoms with E-state index in [0.29, 0.717) is 6.42 Å². The lowest BCUT2D eigenvalue weighted by molar-refractivity contribution is 0.0509. The Morgan fingerprint density at radius 3 is 2.54 bits per heavy atom. The summed E-state index contributed by atoms with van der Waals surface area (Å²) in [5.41, 5.74) is -0.490. The monoisotopic (exact) mass is 184 g/mol. The van der Waals surface area contributed by atoms with E-state index in [-0.39, 0.29) is 6.04 Å². The molecule has 74 valence electrons. The lowest BCUT2D eigenvalue weighted by Gasteiger charge is -2.21. The van der Waals surface area contributed by atoms with Crippen LogP contribution in [0.4, 0.5) is 4.79 Å². The van der Waals surface area contributed by atoms with Gasteiger partial charge >= 0.3 is 6.09 Å². The molecule has 0 aliphatic rings. The maximum atomic E-state index is 11.1. The maximum absolute atomic E-state index is 11.1. The summed E-state index contributed by atoms with van der Waals surface area (Å²) in [5.74, 6) is 0. The average Bonchev–Trinajstić information content (AvgIpc) is 1.81. The van der Waals surface area contributed by atoms with E-state index in [2.05, 4.69) is 5.32 Å². The van der Waals surface area contributed by atoms with E-state index in [9.17, 15) is 4.79 Å². The Bertz CT molecular complexity index is 213. The van der Waals surface area contributed by atoms with Crippen LogP contribution in [0.1, 0.15) is 34.1 Å². The van der Waals surface area contributed by atoms with Crippen LogP contribution in [-0.4, -0.2) is 17.7 Å². The summed E-state index contributed by atoms with van der Waals surface area (Å²) < 4.78 is 5.00. The van der Waals surface area contributed by atoms with Gasteiger partial charge in [-0.2, -0.15) is 5.26 Å². The summed E-state index contributed by atoms with van der Waals surface area (Å²) in [7, 11) is 0. The fourth-order valence-corrected chi connectivity index (χ4v) is 0.697. The van der Waals surface area contributed by atoms with Crippen molar-refractivity contribution in [3.8, 4) is 6.07 Å². The molecule has 0 spiro atoms. The Morgan fingerprint density at radius 1 is 1.62 bits per heavy atom. The summed E-state index contributed by atoms with van der Waals surface area (Å²) in [6, 6.07) is 1.80. The topological polar surface area (TPSA) is 62.1 Å². The molecule has 1 unspecified atom stereocenters. The van der Waals surface area contributed by atoms with Crippen LogP contribution in [0.25, 0.3) is 0 Å². The molecule has 0 fully saturated rings. The van der Waals surface area contributed by atoms with Crippen molar-refractivity contribution in [2.24, 2.45) is 0 Å². The molecule has 0 aliphatic carbocycles. The van der Waals surface area contributed by atoms with Gasteiger partial charge < -0.3 is 10.1 Å². The second kappa shape index (κ2) is 4.70. The van der Waals surface area contributed by atoms with Crippen molar-refractivity contribution >= 4 is 6.09 Å². The number of hydrogen-bond acceptors (Lipinski definition) is 3. The largest absolute Gasteiger partial charge is 0.444 e. The molecule has 1 atom stereocenters. The van der Waals surface area contributed by atoms with Crippen molar-refractivity contribution < 1.29 is 9.53 Å². The SMILES string of the molecule is CC(CC#N)NC(=O)OC(C)(C)C. The van der Waals surface area contributed by atoms with E-state index in [1.165, 1.54) is 0 Å². The molecule has 1 amide bonds. The molecule has 0 saturated carbocycles. The fourth-order valence-electron chi connectivity index (χ4n) is 0.697. The van der Waals surface area contributed by atoms with Gasteiger partial charge in [0.05, 0.1) is 12.5 Å². The number of hydrogen-bond donors (Lipinski definition) is 1. The van der Waals surface area contributed by atoms with Crippen molar-refractivity contribution in [1.29, 1.82) is 5.26 Å². The Kier molecular flexibility index (Phi) is 4.26. The van der Waals surface area contributed by atoms with Gasteiger partial charge in [0.25, 0.3) is 0 Å². The molecule has 13 heavy (non-hydrogen) atoms. The summed E-state index contributed by atoms with van der Waals surface area (Å²) in [5, 5.41) is 10.9. The van der Waals surface area contributed by atoms with Crippen LogP contribution in [0.5, 0.6) is 0 Å². The van der Waals surface area contributed by atoms with E-state index in [0.717, 1.165) is 0 Å². The Hall–Kier alpha value is -1.24. The predicted octanol–water partition coefficient (Wildman–Crippen LogP) is 1.81. The number of carbonyl (C=O) groups excluding carboxylic acids is 1. The Morgan fingerprint density at radius 2 is 2.15 bits per heavy atom. The summed E-state index contributed by atoms with van der Waals surface area (Å²) >= 11 is 0. The summed E-state index contributed by atoms with van der Waals surface area (Å²) in [4.78, 5) is 11.1. The van der Waals surface area contributed by atoms with Gasteiger partial charge in [0.2, 0.25) is 0 Å². The zero-order valence-electron chi connectivity index (χ0n) is 8.55. The maximum Gasteiger partial charge on any atom is 0.407 e. The number of rotatable bonds is 2. The number of nitrogens with zero attached hydrogens (tertiary/aromatic N) is 1. The van der Waals surface area contributed by atoms with Gasteiger partial charge in [-0.05, 0) is 27.7 Å². The van der Waals surface area contributed by atoms with Crippen LogP contribution in [0, 0.1) is 11.3 Å². The van der Waals surface area contributed by atoms with Gasteiger partial charge in [0, 0.05) is 6.04 Å². The van der Waals surface area contributed by atoms with E-state index < -0.39 is 11.7 Å². The van der Waals surface area contributed by atoms with Crippen molar-refractivity contribution in [2.45, 2.75) is 45.8 Å². The molecule has 0 rings (SSSR count). The van der Waals surface area contributed by atoms with Gasteiger partial charge in [-0.15, -0.1) is 0 Å². The number of amides is 1. The van der Waals surface area contributed by atoms with E-state index >= 15 is 0 Å². The van der Waals surface area contributed by atoms with Crippen molar-refractivity contribution in [3.05, 3.63) is 0 Å². The normalized spacial score (nSPS) is 12.8. The first-order valence-electron chi connectivity index (χ1n) is 4.21. The third-order valence-electron chi connectivity index (χ3n) is 1.16. The van der Waals surface area contributed by atoms with E-state index in [1.54, 1.807) is 27.7 Å². The minimum Gasteiger partial charge on any atom is -0.444 e. The number of nitrogens with one attached hydrogen (secondary N) is 1. The first-order valence-corrected chi connectivity index (χ1v) is 4.21. The minimum absolute atomic E-state index is 0.167. The summed E-state index contributed by atoms with van der Waals surface area (Å²) in [6.45, 7) is 7.14. The highest BCUT2D eigenvalue weighted by Gasteiger charge is 2.17. The van der Waals surface area contributed by atoms with Crippen LogP contribution < -0.4 is 5.32 Å². The van der Waals surface area contributed by atoms with Crippen molar-refractivity contribution in [1.82, 2.24) is 5.32 Å². The smallest absolute Gasteiger partial charge is 0.407 e. The highest BCUT2D eigenvalue weighted by molar-refractivity contribution is 5.68. The van der Waals surface area contributed by atoms with Gasteiger partial charge in [0.15, 0.2) is 0 Å². The average molecular weight is 184 g/mol. The van der Waals surface area contributed by atoms with Crippen LogP contribution in [0.2, 0.25) is 0 Å². The molecular weight excluding hydrogens is 168 g/mol. The third kappa shape index (κ3) is 7.13. The number of nitriles is 1. The third-order valence-corrected chi connectivity index (χ3v) is 1.16. The second-order valence-corrected chi connectivity index (χ2v) is 3.91. The van der Waals surface area contributed by atoms with Crippen LogP contribution in [0.15, 0.2) is 0 Å². The van der Waals surface area contributed by atoms with Crippen LogP contribution >= 0.6 is 0 Å². The zero-order valence-corrected chi connectivity index (χ0v) is 8.55. The van der Waals surface area contributed by atoms with Crippen molar-refractivity contribution in [2.75, 3.05) is 0 Å². The first kappa shape index (κ1) is 11.8. The number of carbonyl (C=O) groups is 1. The molecule has 1 N–H and O–H groups in total. The lowest BCUT2D eigenvalue weighted by Crippen LogP contribution is -2.37. The van der Waals surface area contributed by atoms with Gasteiger partial charge in [0.1, 0.15) is 5.60 Å². The number of alkyl carbamates (subject to hydrolysis) is 1. The van der Waals surface area contributed by atoms with Gasteiger partial charge in [-0.3, -0.25) is 0 Å². The Balaban J connectivity index is 3.83. The van der Waals surface area contributed by atoms with E-state index in [1.807, 2.05) is 6.07 Å². The first-order chi connectivity index (χ1) is 5.85. The minimum atomic E-state index is -0.490.